The Labute approximate surface area is 131 Å². The Morgan fingerprint density at radius 3 is 2.52 bits per heavy atom. The number of aliphatic hydroxyl groups excluding tert-OH is 2. The maximum atomic E-state index is 12.6. The van der Waals surface area contributed by atoms with Crippen molar-refractivity contribution < 1.29 is 29.4 Å². The van der Waals surface area contributed by atoms with E-state index in [0.29, 0.717) is 19.6 Å². The fourth-order valence-corrected chi connectivity index (χ4v) is 2.63. The van der Waals surface area contributed by atoms with Crippen molar-refractivity contribution in [2.45, 2.75) is 18.6 Å². The first-order valence-electron chi connectivity index (χ1n) is 7.21. The van der Waals surface area contributed by atoms with E-state index >= 15 is 0 Å². The summed E-state index contributed by atoms with van der Waals surface area (Å²) in [5.41, 5.74) is -0.282. The van der Waals surface area contributed by atoms with Gasteiger partial charge in [0.05, 0.1) is 42.0 Å². The molecule has 1 fully saturated rings. The second kappa shape index (κ2) is 6.01. The molecule has 2 aliphatic heterocycles. The van der Waals surface area contributed by atoms with E-state index in [4.69, 9.17) is 9.47 Å². The van der Waals surface area contributed by atoms with Crippen molar-refractivity contribution in [3.8, 4) is 11.5 Å². The van der Waals surface area contributed by atoms with Crippen molar-refractivity contribution in [3.63, 3.8) is 0 Å². The Morgan fingerprint density at radius 1 is 1.22 bits per heavy atom. The van der Waals surface area contributed by atoms with Crippen molar-refractivity contribution in [2.24, 2.45) is 0 Å². The Balaban J connectivity index is 2.01. The number of β-amino-alcohol motifs (C(OH)–C–C–N with tert-alkyl or cyclic N) is 2. The number of nitro benzene ring substituents is 1. The van der Waals surface area contributed by atoms with Gasteiger partial charge in [-0.1, -0.05) is 0 Å². The number of hydrogen-bond donors (Lipinski definition) is 2. The number of fused-ring (bicyclic) bond motifs is 1. The fourth-order valence-electron chi connectivity index (χ4n) is 2.63. The number of likely N-dealkylation sites (tertiary alicyclic amines) is 1. The van der Waals surface area contributed by atoms with Crippen LogP contribution in [0.25, 0.3) is 0 Å². The van der Waals surface area contributed by atoms with Gasteiger partial charge in [0, 0.05) is 25.6 Å². The molecule has 0 aliphatic carbocycles. The van der Waals surface area contributed by atoms with E-state index in [1.54, 1.807) is 0 Å². The molecule has 0 spiro atoms. The van der Waals surface area contributed by atoms with Gasteiger partial charge in [0.15, 0.2) is 11.5 Å². The van der Waals surface area contributed by atoms with Crippen molar-refractivity contribution in [2.75, 3.05) is 26.3 Å². The van der Waals surface area contributed by atoms with Gasteiger partial charge in [-0.25, -0.2) is 0 Å². The van der Waals surface area contributed by atoms with Crippen LogP contribution in [0.3, 0.4) is 0 Å². The predicted molar refractivity (Wildman–Crippen MR) is 76.6 cm³/mol. The number of amides is 1. The molecule has 23 heavy (non-hydrogen) atoms. The number of carbonyl (C=O) groups is 1. The molecule has 2 N–H and O–H groups in total. The number of nitro groups is 1. The molecule has 3 rings (SSSR count). The first kappa shape index (κ1) is 15.5. The number of rotatable bonds is 2. The second-order valence-corrected chi connectivity index (χ2v) is 5.47. The quantitative estimate of drug-likeness (QED) is 0.577. The Kier molecular flexibility index (Phi) is 4.05. The topological polar surface area (TPSA) is 122 Å². The third kappa shape index (κ3) is 2.92. The molecule has 2 unspecified atom stereocenters. The highest BCUT2D eigenvalue weighted by Crippen LogP contribution is 2.38. The zero-order valence-electron chi connectivity index (χ0n) is 12.2. The molecule has 1 amide bonds. The minimum absolute atomic E-state index is 0.00241. The molecule has 9 heteroatoms. The van der Waals surface area contributed by atoms with Crippen LogP contribution in [0.5, 0.6) is 11.5 Å². The van der Waals surface area contributed by atoms with Crippen molar-refractivity contribution in [1.29, 1.82) is 0 Å². The standard InChI is InChI=1S/C14H16N2O7/c17-10-6-15(7-11(10)18)14(19)9-4-8(16(20)21)5-12-13(9)23-3-1-2-22-12/h4-5,10-11,17-18H,1-3,6-7H2. The minimum Gasteiger partial charge on any atom is -0.489 e. The molecule has 2 atom stereocenters. The Bertz CT molecular complexity index is 638. The summed E-state index contributed by atoms with van der Waals surface area (Å²) in [7, 11) is 0. The van der Waals surface area contributed by atoms with Crippen LogP contribution in [-0.2, 0) is 0 Å². The Morgan fingerprint density at radius 2 is 1.87 bits per heavy atom. The largest absolute Gasteiger partial charge is 0.489 e. The van der Waals surface area contributed by atoms with Crippen LogP contribution in [-0.4, -0.2) is 64.5 Å². The molecule has 124 valence electrons. The maximum Gasteiger partial charge on any atom is 0.274 e. The Hall–Kier alpha value is -2.39. The average Bonchev–Trinajstić information content (AvgIpc) is 2.74. The molecule has 0 saturated carbocycles. The highest BCUT2D eigenvalue weighted by Gasteiger charge is 2.35. The summed E-state index contributed by atoms with van der Waals surface area (Å²) in [5.74, 6) is -0.236. The number of aliphatic hydroxyl groups is 2. The number of carbonyl (C=O) groups excluding carboxylic acids is 1. The van der Waals surface area contributed by atoms with Crippen LogP contribution in [0.2, 0.25) is 0 Å². The van der Waals surface area contributed by atoms with E-state index in [1.807, 2.05) is 0 Å². The van der Waals surface area contributed by atoms with E-state index in [1.165, 1.54) is 11.0 Å². The van der Waals surface area contributed by atoms with Crippen LogP contribution in [0.4, 0.5) is 5.69 Å². The van der Waals surface area contributed by atoms with E-state index < -0.39 is 23.0 Å². The van der Waals surface area contributed by atoms with Gasteiger partial charge in [-0.3, -0.25) is 14.9 Å². The van der Waals surface area contributed by atoms with Gasteiger partial charge in [0.2, 0.25) is 0 Å². The second-order valence-electron chi connectivity index (χ2n) is 5.47. The summed E-state index contributed by atoms with van der Waals surface area (Å²) in [6, 6.07) is 2.36. The number of ether oxygens (including phenoxy) is 2. The normalized spacial score (nSPS) is 23.5. The predicted octanol–water partition coefficient (Wildman–Crippen LogP) is -0.0663. The van der Waals surface area contributed by atoms with Crippen LogP contribution in [0, 0.1) is 10.1 Å². The highest BCUT2D eigenvalue weighted by molar-refractivity contribution is 5.99. The van der Waals surface area contributed by atoms with Crippen molar-refractivity contribution in [1.82, 2.24) is 4.90 Å². The lowest BCUT2D eigenvalue weighted by molar-refractivity contribution is -0.385. The third-order valence-corrected chi connectivity index (χ3v) is 3.82. The monoisotopic (exact) mass is 324 g/mol. The average molecular weight is 324 g/mol. The van der Waals surface area contributed by atoms with Crippen LogP contribution < -0.4 is 9.47 Å². The molecule has 9 nitrogen and oxygen atoms in total. The van der Waals surface area contributed by atoms with Crippen molar-refractivity contribution in [3.05, 3.63) is 27.8 Å². The van der Waals surface area contributed by atoms with E-state index in [2.05, 4.69) is 0 Å². The SMILES string of the molecule is O=C(c1cc([N+](=O)[O-])cc2c1OCCCO2)N1CC(O)C(O)C1. The zero-order valence-corrected chi connectivity index (χ0v) is 12.2. The van der Waals surface area contributed by atoms with Gasteiger partial charge < -0.3 is 24.6 Å². The minimum atomic E-state index is -1.03. The van der Waals surface area contributed by atoms with Crippen LogP contribution in [0.15, 0.2) is 12.1 Å². The molecule has 0 aromatic heterocycles. The molecule has 1 saturated heterocycles. The summed E-state index contributed by atoms with van der Waals surface area (Å²) in [5, 5.41) is 30.2. The number of benzene rings is 1. The summed E-state index contributed by atoms with van der Waals surface area (Å²) in [6.45, 7) is 0.579. The molecule has 0 bridgehead atoms. The lowest BCUT2D eigenvalue weighted by atomic mass is 10.1. The summed E-state index contributed by atoms with van der Waals surface area (Å²) in [4.78, 5) is 24.3. The molecule has 1 aromatic rings. The van der Waals surface area contributed by atoms with E-state index in [-0.39, 0.29) is 35.8 Å². The van der Waals surface area contributed by atoms with Gasteiger partial charge in [0.1, 0.15) is 0 Å². The number of non-ortho nitro benzene ring substituents is 1. The number of nitrogens with zero attached hydrogens (tertiary/aromatic N) is 2. The molecule has 1 aromatic carbocycles. The molecule has 0 radical (unpaired) electrons. The first-order valence-corrected chi connectivity index (χ1v) is 7.21. The van der Waals surface area contributed by atoms with E-state index in [9.17, 15) is 25.1 Å². The van der Waals surface area contributed by atoms with Gasteiger partial charge in [0.25, 0.3) is 11.6 Å². The molecule has 2 heterocycles. The summed E-state index contributed by atoms with van der Waals surface area (Å²) < 4.78 is 11.0. The van der Waals surface area contributed by atoms with Crippen LogP contribution >= 0.6 is 0 Å². The van der Waals surface area contributed by atoms with E-state index in [0.717, 1.165) is 6.07 Å². The van der Waals surface area contributed by atoms with Gasteiger partial charge in [-0.05, 0) is 0 Å². The lowest BCUT2D eigenvalue weighted by Gasteiger charge is -2.18. The smallest absolute Gasteiger partial charge is 0.274 e. The highest BCUT2D eigenvalue weighted by atomic mass is 16.6. The summed E-state index contributed by atoms with van der Waals surface area (Å²) in [6.07, 6.45) is -1.47. The molecular weight excluding hydrogens is 308 g/mol. The fraction of sp³-hybridized carbons (Fsp3) is 0.500. The van der Waals surface area contributed by atoms with Gasteiger partial charge in [-0.15, -0.1) is 0 Å². The maximum absolute atomic E-state index is 12.6. The zero-order chi connectivity index (χ0) is 16.6. The van der Waals surface area contributed by atoms with Gasteiger partial charge >= 0.3 is 0 Å². The summed E-state index contributed by atoms with van der Waals surface area (Å²) >= 11 is 0. The number of hydrogen-bond acceptors (Lipinski definition) is 7. The van der Waals surface area contributed by atoms with Gasteiger partial charge in [-0.2, -0.15) is 0 Å². The van der Waals surface area contributed by atoms with Crippen LogP contribution in [0.1, 0.15) is 16.8 Å². The van der Waals surface area contributed by atoms with Crippen molar-refractivity contribution >= 4 is 11.6 Å². The lowest BCUT2D eigenvalue weighted by Crippen LogP contribution is -2.30. The third-order valence-electron chi connectivity index (χ3n) is 3.82. The molecular formula is C14H16N2O7. The first-order chi connectivity index (χ1) is 11.0. The molecule has 2 aliphatic rings.